The fraction of sp³-hybridized carbons (Fsp3) is 0.643. The van der Waals surface area contributed by atoms with Gasteiger partial charge < -0.3 is 15.4 Å². The zero-order valence-corrected chi connectivity index (χ0v) is 12.4. The highest BCUT2D eigenvalue weighted by Crippen LogP contribution is 2.27. The van der Waals surface area contributed by atoms with E-state index >= 15 is 0 Å². The van der Waals surface area contributed by atoms with Gasteiger partial charge in [0, 0.05) is 24.7 Å². The molecule has 0 saturated heterocycles. The first-order valence-corrected chi connectivity index (χ1v) is 6.69. The van der Waals surface area contributed by atoms with E-state index < -0.39 is 12.0 Å². The summed E-state index contributed by atoms with van der Waals surface area (Å²) < 4.78 is 0. The SMILES string of the molecule is CC(CC(=O)N[C@@H](Cc1cnc[nH]1)C(=O)O)C(C)(C)C. The molecule has 6 heteroatoms. The average Bonchev–Trinajstić information content (AvgIpc) is 2.79. The zero-order chi connectivity index (χ0) is 15.3. The minimum Gasteiger partial charge on any atom is -0.480 e. The highest BCUT2D eigenvalue weighted by Gasteiger charge is 2.26. The topological polar surface area (TPSA) is 95.1 Å². The van der Waals surface area contributed by atoms with Gasteiger partial charge in [0.15, 0.2) is 0 Å². The van der Waals surface area contributed by atoms with Gasteiger partial charge in [0.25, 0.3) is 0 Å². The van der Waals surface area contributed by atoms with E-state index in [0.717, 1.165) is 0 Å². The average molecular weight is 281 g/mol. The van der Waals surface area contributed by atoms with Gasteiger partial charge in [-0.15, -0.1) is 0 Å². The van der Waals surface area contributed by atoms with E-state index in [-0.39, 0.29) is 23.7 Å². The molecule has 0 aliphatic heterocycles. The van der Waals surface area contributed by atoms with Crippen LogP contribution in [0.15, 0.2) is 12.5 Å². The first kappa shape index (κ1) is 16.2. The summed E-state index contributed by atoms with van der Waals surface area (Å²) >= 11 is 0. The fourth-order valence-corrected chi connectivity index (χ4v) is 1.65. The van der Waals surface area contributed by atoms with Crippen molar-refractivity contribution in [2.75, 3.05) is 0 Å². The molecule has 2 atom stereocenters. The molecule has 6 nitrogen and oxygen atoms in total. The number of nitrogens with one attached hydrogen (secondary N) is 2. The van der Waals surface area contributed by atoms with Crippen molar-refractivity contribution >= 4 is 11.9 Å². The summed E-state index contributed by atoms with van der Waals surface area (Å²) in [6.07, 6.45) is 3.55. The monoisotopic (exact) mass is 281 g/mol. The van der Waals surface area contributed by atoms with Crippen molar-refractivity contribution in [2.45, 2.75) is 46.6 Å². The van der Waals surface area contributed by atoms with E-state index in [2.05, 4.69) is 36.1 Å². The van der Waals surface area contributed by atoms with Crippen molar-refractivity contribution in [3.05, 3.63) is 18.2 Å². The molecule has 1 unspecified atom stereocenters. The summed E-state index contributed by atoms with van der Waals surface area (Å²) in [6, 6.07) is -0.935. The van der Waals surface area contributed by atoms with Crippen molar-refractivity contribution in [2.24, 2.45) is 11.3 Å². The van der Waals surface area contributed by atoms with Crippen LogP contribution < -0.4 is 5.32 Å². The molecule has 0 fully saturated rings. The summed E-state index contributed by atoms with van der Waals surface area (Å²) in [4.78, 5) is 29.8. The highest BCUT2D eigenvalue weighted by molar-refractivity contribution is 5.83. The van der Waals surface area contributed by atoms with E-state index in [1.165, 1.54) is 6.33 Å². The van der Waals surface area contributed by atoms with Gasteiger partial charge >= 0.3 is 5.97 Å². The number of aromatic nitrogens is 2. The molecule has 3 N–H and O–H groups in total. The molecule has 0 radical (unpaired) electrons. The molecular formula is C14H23N3O3. The van der Waals surface area contributed by atoms with Gasteiger partial charge in [0.05, 0.1) is 6.33 Å². The standard InChI is InChI=1S/C14H23N3O3/c1-9(14(2,3)4)5-12(18)17-11(13(19)20)6-10-7-15-8-16-10/h7-9,11H,5-6H2,1-4H3,(H,15,16)(H,17,18)(H,19,20)/t9?,11-/m0/s1. The van der Waals surface area contributed by atoms with Crippen LogP contribution in [-0.4, -0.2) is 33.0 Å². The van der Waals surface area contributed by atoms with Crippen molar-refractivity contribution in [1.29, 1.82) is 0 Å². The highest BCUT2D eigenvalue weighted by atomic mass is 16.4. The van der Waals surface area contributed by atoms with Crippen LogP contribution in [0.1, 0.15) is 39.8 Å². The fourth-order valence-electron chi connectivity index (χ4n) is 1.65. The summed E-state index contributed by atoms with van der Waals surface area (Å²) in [5.74, 6) is -1.11. The van der Waals surface area contributed by atoms with Gasteiger partial charge in [-0.2, -0.15) is 0 Å². The predicted octanol–water partition coefficient (Wildman–Crippen LogP) is 1.59. The van der Waals surface area contributed by atoms with Crippen molar-refractivity contribution in [3.8, 4) is 0 Å². The molecule has 0 bridgehead atoms. The number of aromatic amines is 1. The third kappa shape index (κ3) is 5.03. The molecule has 0 aliphatic rings. The second-order valence-corrected chi connectivity index (χ2v) is 6.21. The van der Waals surface area contributed by atoms with Crippen molar-refractivity contribution in [1.82, 2.24) is 15.3 Å². The number of carbonyl (C=O) groups is 2. The molecule has 0 saturated carbocycles. The Bertz CT molecular complexity index is 449. The Morgan fingerprint density at radius 3 is 2.55 bits per heavy atom. The number of hydrogen-bond acceptors (Lipinski definition) is 3. The maximum atomic E-state index is 11.9. The van der Waals surface area contributed by atoms with Crippen molar-refractivity contribution < 1.29 is 14.7 Å². The molecule has 1 aromatic rings. The number of carbonyl (C=O) groups excluding carboxylic acids is 1. The summed E-state index contributed by atoms with van der Waals surface area (Å²) in [5.41, 5.74) is 0.695. The van der Waals surface area contributed by atoms with E-state index in [1.807, 2.05) is 6.92 Å². The number of carboxylic acids is 1. The first-order chi connectivity index (χ1) is 9.20. The van der Waals surface area contributed by atoms with Crippen LogP contribution in [0.3, 0.4) is 0 Å². The smallest absolute Gasteiger partial charge is 0.326 e. The number of carboxylic acid groups (broad SMARTS) is 1. The normalized spacial score (nSPS) is 14.6. The maximum Gasteiger partial charge on any atom is 0.326 e. The molecule has 0 aromatic carbocycles. The van der Waals surface area contributed by atoms with Crippen LogP contribution in [0.4, 0.5) is 0 Å². The van der Waals surface area contributed by atoms with Gasteiger partial charge in [-0.05, 0) is 11.3 Å². The largest absolute Gasteiger partial charge is 0.480 e. The lowest BCUT2D eigenvalue weighted by Gasteiger charge is -2.27. The van der Waals surface area contributed by atoms with Crippen LogP contribution in [0.25, 0.3) is 0 Å². The van der Waals surface area contributed by atoms with Gasteiger partial charge in [-0.25, -0.2) is 9.78 Å². The van der Waals surface area contributed by atoms with Crippen LogP contribution in [0, 0.1) is 11.3 Å². The summed E-state index contributed by atoms with van der Waals surface area (Å²) in [5, 5.41) is 11.7. The number of amides is 1. The Kier molecular flexibility index (Phi) is 5.30. The maximum absolute atomic E-state index is 11.9. The lowest BCUT2D eigenvalue weighted by Crippen LogP contribution is -2.43. The number of rotatable bonds is 6. The van der Waals surface area contributed by atoms with Crippen LogP contribution in [0.5, 0.6) is 0 Å². The zero-order valence-electron chi connectivity index (χ0n) is 12.4. The second-order valence-electron chi connectivity index (χ2n) is 6.21. The third-order valence-electron chi connectivity index (χ3n) is 3.58. The first-order valence-electron chi connectivity index (χ1n) is 6.69. The molecule has 20 heavy (non-hydrogen) atoms. The molecule has 1 amide bonds. The number of aliphatic carboxylic acids is 1. The molecular weight excluding hydrogens is 258 g/mol. The Morgan fingerprint density at radius 2 is 2.10 bits per heavy atom. The second kappa shape index (κ2) is 6.54. The molecule has 1 rings (SSSR count). The van der Waals surface area contributed by atoms with E-state index in [4.69, 9.17) is 5.11 Å². The molecule has 112 valence electrons. The van der Waals surface area contributed by atoms with Gasteiger partial charge in [-0.1, -0.05) is 27.7 Å². The predicted molar refractivity (Wildman–Crippen MR) is 75.1 cm³/mol. The Labute approximate surface area is 119 Å². The van der Waals surface area contributed by atoms with Crippen LogP contribution in [0.2, 0.25) is 0 Å². The Morgan fingerprint density at radius 1 is 1.45 bits per heavy atom. The van der Waals surface area contributed by atoms with Crippen LogP contribution >= 0.6 is 0 Å². The summed E-state index contributed by atoms with van der Waals surface area (Å²) in [7, 11) is 0. The molecule has 0 aliphatic carbocycles. The minimum atomic E-state index is -1.05. The number of nitrogens with zero attached hydrogens (tertiary/aromatic N) is 1. The number of hydrogen-bond donors (Lipinski definition) is 3. The van der Waals surface area contributed by atoms with Gasteiger partial charge in [0.2, 0.25) is 5.91 Å². The lowest BCUT2D eigenvalue weighted by molar-refractivity contribution is -0.142. The third-order valence-corrected chi connectivity index (χ3v) is 3.58. The number of imidazole rings is 1. The molecule has 1 heterocycles. The molecule has 1 aromatic heterocycles. The van der Waals surface area contributed by atoms with Crippen LogP contribution in [-0.2, 0) is 16.0 Å². The van der Waals surface area contributed by atoms with Gasteiger partial charge in [-0.3, -0.25) is 4.79 Å². The molecule has 0 spiro atoms. The number of H-pyrrole nitrogens is 1. The van der Waals surface area contributed by atoms with E-state index in [0.29, 0.717) is 12.1 Å². The Hall–Kier alpha value is -1.85. The summed E-state index contributed by atoms with van der Waals surface area (Å²) in [6.45, 7) is 8.17. The quantitative estimate of drug-likeness (QED) is 0.738. The lowest BCUT2D eigenvalue weighted by atomic mass is 9.80. The minimum absolute atomic E-state index is 0.0133. The van der Waals surface area contributed by atoms with Crippen molar-refractivity contribution in [3.63, 3.8) is 0 Å². The van der Waals surface area contributed by atoms with E-state index in [1.54, 1.807) is 6.20 Å². The Balaban J connectivity index is 2.58. The van der Waals surface area contributed by atoms with Gasteiger partial charge in [0.1, 0.15) is 6.04 Å². The van der Waals surface area contributed by atoms with E-state index in [9.17, 15) is 9.59 Å².